The summed E-state index contributed by atoms with van der Waals surface area (Å²) < 4.78 is 11.0. The van der Waals surface area contributed by atoms with Crippen molar-refractivity contribution in [3.8, 4) is 0 Å². The molecular weight excluding hydrogens is 280 g/mol. The monoisotopic (exact) mass is 308 g/mol. The lowest BCUT2D eigenvalue weighted by Crippen LogP contribution is -2.43. The van der Waals surface area contributed by atoms with Gasteiger partial charge in [0, 0.05) is 38.2 Å². The molecule has 0 amide bonds. The van der Waals surface area contributed by atoms with Crippen LogP contribution in [-0.4, -0.2) is 61.4 Å². The van der Waals surface area contributed by atoms with Crippen molar-refractivity contribution in [3.05, 3.63) is 17.6 Å². The largest absolute Gasteiger partial charge is 0.378 e. The highest BCUT2D eigenvalue weighted by atomic mass is 16.5. The van der Waals surface area contributed by atoms with Crippen molar-refractivity contribution in [2.75, 3.05) is 45.7 Å². The lowest BCUT2D eigenvalue weighted by Gasteiger charge is -2.30. The number of morpholine rings is 1. The molecule has 2 heterocycles. The zero-order chi connectivity index (χ0) is 16.2. The Morgan fingerprint density at radius 1 is 1.41 bits per heavy atom. The maximum Gasteiger partial charge on any atom is 0.136 e. The highest BCUT2D eigenvalue weighted by molar-refractivity contribution is 5.37. The Bertz CT molecular complexity index is 488. The van der Waals surface area contributed by atoms with Gasteiger partial charge >= 0.3 is 0 Å². The van der Waals surface area contributed by atoms with Crippen LogP contribution in [0.5, 0.6) is 0 Å². The lowest BCUT2D eigenvalue weighted by molar-refractivity contribution is -0.0117. The first-order valence-electron chi connectivity index (χ1n) is 7.80. The molecule has 1 aromatic rings. The number of anilines is 1. The van der Waals surface area contributed by atoms with E-state index in [9.17, 15) is 0 Å². The molecule has 0 bridgehead atoms. The molecule has 1 aromatic heterocycles. The van der Waals surface area contributed by atoms with Crippen LogP contribution in [0.15, 0.2) is 6.07 Å². The molecule has 1 fully saturated rings. The van der Waals surface area contributed by atoms with Crippen LogP contribution in [0.3, 0.4) is 0 Å². The van der Waals surface area contributed by atoms with Crippen molar-refractivity contribution in [1.82, 2.24) is 14.9 Å². The van der Waals surface area contributed by atoms with Crippen LogP contribution in [0, 0.1) is 0 Å². The van der Waals surface area contributed by atoms with Crippen molar-refractivity contribution < 1.29 is 9.47 Å². The Labute approximate surface area is 133 Å². The maximum absolute atomic E-state index is 5.77. The van der Waals surface area contributed by atoms with Gasteiger partial charge in [-0.3, -0.25) is 0 Å². The first-order chi connectivity index (χ1) is 10.4. The topological polar surface area (TPSA) is 59.5 Å². The summed E-state index contributed by atoms with van der Waals surface area (Å²) in [5.74, 6) is 1.66. The van der Waals surface area contributed by atoms with E-state index in [1.807, 2.05) is 6.07 Å². The third-order valence-corrected chi connectivity index (χ3v) is 3.59. The number of methoxy groups -OCH3 is 1. The van der Waals surface area contributed by atoms with Gasteiger partial charge in [-0.1, -0.05) is 20.8 Å². The van der Waals surface area contributed by atoms with Gasteiger partial charge in [-0.25, -0.2) is 9.97 Å². The SMILES string of the molecule is COCc1cc(NCC2CN(C)CCO2)nc(C(C)(C)C)n1. The van der Waals surface area contributed by atoms with E-state index in [-0.39, 0.29) is 11.5 Å². The third kappa shape index (κ3) is 4.90. The van der Waals surface area contributed by atoms with Gasteiger partial charge in [0.15, 0.2) is 0 Å². The quantitative estimate of drug-likeness (QED) is 0.893. The highest BCUT2D eigenvalue weighted by Gasteiger charge is 2.21. The van der Waals surface area contributed by atoms with Crippen molar-refractivity contribution in [2.24, 2.45) is 0 Å². The molecule has 1 aliphatic rings. The summed E-state index contributed by atoms with van der Waals surface area (Å²) in [5, 5.41) is 3.39. The van der Waals surface area contributed by atoms with E-state index < -0.39 is 0 Å². The lowest BCUT2D eigenvalue weighted by atomic mass is 9.95. The van der Waals surface area contributed by atoms with Crippen LogP contribution >= 0.6 is 0 Å². The average molecular weight is 308 g/mol. The first-order valence-corrected chi connectivity index (χ1v) is 7.80. The van der Waals surface area contributed by atoms with Crippen molar-refractivity contribution in [3.63, 3.8) is 0 Å². The molecule has 6 heteroatoms. The molecule has 1 aliphatic heterocycles. The summed E-state index contributed by atoms with van der Waals surface area (Å²) >= 11 is 0. The number of likely N-dealkylation sites (N-methyl/N-ethyl adjacent to an activating group) is 1. The Kier molecular flexibility index (Phi) is 5.72. The molecule has 6 nitrogen and oxygen atoms in total. The van der Waals surface area contributed by atoms with E-state index in [2.05, 4.69) is 48.0 Å². The van der Waals surface area contributed by atoms with Gasteiger partial charge in [-0.05, 0) is 7.05 Å². The minimum absolute atomic E-state index is 0.0955. The molecule has 0 spiro atoms. The van der Waals surface area contributed by atoms with E-state index >= 15 is 0 Å². The molecule has 0 saturated carbocycles. The fourth-order valence-corrected chi connectivity index (χ4v) is 2.35. The summed E-state index contributed by atoms with van der Waals surface area (Å²) in [7, 11) is 3.80. The number of nitrogens with zero attached hydrogens (tertiary/aromatic N) is 3. The smallest absolute Gasteiger partial charge is 0.136 e. The molecule has 0 radical (unpaired) electrons. The Morgan fingerprint density at radius 2 is 2.18 bits per heavy atom. The van der Waals surface area contributed by atoms with Crippen LogP contribution in [0.2, 0.25) is 0 Å². The average Bonchev–Trinajstić information content (AvgIpc) is 2.44. The Balaban J connectivity index is 2.07. The van der Waals surface area contributed by atoms with E-state index in [0.29, 0.717) is 6.61 Å². The van der Waals surface area contributed by atoms with Crippen LogP contribution in [0.1, 0.15) is 32.3 Å². The zero-order valence-electron chi connectivity index (χ0n) is 14.3. The predicted molar refractivity (Wildman–Crippen MR) is 87.2 cm³/mol. The molecule has 1 N–H and O–H groups in total. The number of rotatable bonds is 5. The Hall–Kier alpha value is -1.24. The second-order valence-corrected chi connectivity index (χ2v) is 6.89. The number of hydrogen-bond acceptors (Lipinski definition) is 6. The number of nitrogens with one attached hydrogen (secondary N) is 1. The second kappa shape index (κ2) is 7.35. The minimum Gasteiger partial charge on any atom is -0.378 e. The Morgan fingerprint density at radius 3 is 2.82 bits per heavy atom. The molecule has 2 rings (SSSR count). The summed E-state index contributed by atoms with van der Waals surface area (Å²) in [6.45, 7) is 10.3. The van der Waals surface area contributed by atoms with Gasteiger partial charge in [0.2, 0.25) is 0 Å². The van der Waals surface area contributed by atoms with Gasteiger partial charge in [-0.15, -0.1) is 0 Å². The van der Waals surface area contributed by atoms with Crippen molar-refractivity contribution in [2.45, 2.75) is 38.9 Å². The summed E-state index contributed by atoms with van der Waals surface area (Å²) in [6.07, 6.45) is 0.192. The van der Waals surface area contributed by atoms with Crippen LogP contribution in [0.25, 0.3) is 0 Å². The van der Waals surface area contributed by atoms with Crippen molar-refractivity contribution in [1.29, 1.82) is 0 Å². The summed E-state index contributed by atoms with van der Waals surface area (Å²) in [6, 6.07) is 1.95. The number of ether oxygens (including phenoxy) is 2. The third-order valence-electron chi connectivity index (χ3n) is 3.59. The fraction of sp³-hybridized carbons (Fsp3) is 0.750. The predicted octanol–water partition coefficient (Wildman–Crippen LogP) is 1.66. The summed E-state index contributed by atoms with van der Waals surface area (Å²) in [5.41, 5.74) is 0.800. The number of aromatic nitrogens is 2. The van der Waals surface area contributed by atoms with E-state index in [1.54, 1.807) is 7.11 Å². The summed E-state index contributed by atoms with van der Waals surface area (Å²) in [4.78, 5) is 11.5. The van der Waals surface area contributed by atoms with Gasteiger partial charge in [0.25, 0.3) is 0 Å². The van der Waals surface area contributed by atoms with Gasteiger partial charge in [0.1, 0.15) is 11.6 Å². The zero-order valence-corrected chi connectivity index (χ0v) is 14.3. The fourth-order valence-electron chi connectivity index (χ4n) is 2.35. The van der Waals surface area contributed by atoms with E-state index in [1.165, 1.54) is 0 Å². The number of hydrogen-bond donors (Lipinski definition) is 1. The second-order valence-electron chi connectivity index (χ2n) is 6.89. The molecule has 1 atom stereocenters. The van der Waals surface area contributed by atoms with Gasteiger partial charge < -0.3 is 19.7 Å². The molecule has 1 unspecified atom stereocenters. The molecule has 22 heavy (non-hydrogen) atoms. The normalized spacial score (nSPS) is 20.1. The van der Waals surface area contributed by atoms with Crippen molar-refractivity contribution >= 4 is 5.82 Å². The van der Waals surface area contributed by atoms with E-state index in [0.717, 1.165) is 43.6 Å². The molecule has 1 saturated heterocycles. The van der Waals surface area contributed by atoms with Crippen LogP contribution in [-0.2, 0) is 21.5 Å². The molecule has 0 aliphatic carbocycles. The van der Waals surface area contributed by atoms with Gasteiger partial charge in [0.05, 0.1) is 25.0 Å². The van der Waals surface area contributed by atoms with E-state index in [4.69, 9.17) is 9.47 Å². The van der Waals surface area contributed by atoms with Gasteiger partial charge in [-0.2, -0.15) is 0 Å². The first kappa shape index (κ1) is 17.1. The molecule has 124 valence electrons. The molecular formula is C16H28N4O2. The maximum atomic E-state index is 5.77. The molecule has 0 aromatic carbocycles. The van der Waals surface area contributed by atoms with Crippen LogP contribution < -0.4 is 5.32 Å². The highest BCUT2D eigenvalue weighted by Crippen LogP contribution is 2.21. The standard InChI is InChI=1S/C16H28N4O2/c1-16(2,3)15-18-12(11-21-5)8-14(19-15)17-9-13-10-20(4)6-7-22-13/h8,13H,6-7,9-11H2,1-5H3,(H,17,18,19). The minimum atomic E-state index is -0.0955. The van der Waals surface area contributed by atoms with Crippen LogP contribution in [0.4, 0.5) is 5.82 Å².